The molecule has 0 aromatic carbocycles. The van der Waals surface area contributed by atoms with E-state index in [2.05, 4.69) is 18.0 Å². The number of ether oxygens (including phenoxy) is 1. The Morgan fingerprint density at radius 1 is 1.44 bits per heavy atom. The van der Waals surface area contributed by atoms with Crippen LogP contribution in [0.25, 0.3) is 0 Å². The lowest BCUT2D eigenvalue weighted by Gasteiger charge is -2.29. The highest BCUT2D eigenvalue weighted by atomic mass is 32.2. The van der Waals surface area contributed by atoms with Crippen LogP contribution in [0.4, 0.5) is 0 Å². The number of rotatable bonds is 5. The second-order valence-corrected chi connectivity index (χ2v) is 6.14. The number of hydrogen-bond acceptors (Lipinski definition) is 4. The zero-order valence-electron chi connectivity index (χ0n) is 10.9. The highest BCUT2D eigenvalue weighted by Gasteiger charge is 2.25. The third-order valence-electron chi connectivity index (χ3n) is 3.35. The summed E-state index contributed by atoms with van der Waals surface area (Å²) in [7, 11) is 0. The van der Waals surface area contributed by atoms with E-state index in [9.17, 15) is 0 Å². The summed E-state index contributed by atoms with van der Waals surface area (Å²) >= 11 is 1.98. The maximum atomic E-state index is 6.27. The molecular weight excluding hydrogens is 244 g/mol. The SMILES string of the molecule is CCC(N)C(SC1CCOCC1)c1ccccn1. The van der Waals surface area contributed by atoms with Crippen molar-refractivity contribution >= 4 is 11.8 Å². The van der Waals surface area contributed by atoms with Gasteiger partial charge in [0.05, 0.1) is 10.9 Å². The van der Waals surface area contributed by atoms with Gasteiger partial charge in [0, 0.05) is 30.7 Å². The number of thioether (sulfide) groups is 1. The van der Waals surface area contributed by atoms with Crippen molar-refractivity contribution in [2.45, 2.75) is 42.7 Å². The molecule has 0 radical (unpaired) electrons. The van der Waals surface area contributed by atoms with Crippen molar-refractivity contribution in [1.29, 1.82) is 0 Å². The Morgan fingerprint density at radius 2 is 2.22 bits per heavy atom. The first kappa shape index (κ1) is 13.8. The van der Waals surface area contributed by atoms with Gasteiger partial charge in [0.1, 0.15) is 0 Å². The van der Waals surface area contributed by atoms with Gasteiger partial charge in [-0.25, -0.2) is 0 Å². The monoisotopic (exact) mass is 266 g/mol. The van der Waals surface area contributed by atoms with Gasteiger partial charge in [0.2, 0.25) is 0 Å². The van der Waals surface area contributed by atoms with Gasteiger partial charge >= 0.3 is 0 Å². The molecule has 1 aromatic rings. The van der Waals surface area contributed by atoms with E-state index < -0.39 is 0 Å². The largest absolute Gasteiger partial charge is 0.381 e. The van der Waals surface area contributed by atoms with Gasteiger partial charge < -0.3 is 10.5 Å². The third-order valence-corrected chi connectivity index (χ3v) is 5.09. The molecule has 0 aliphatic carbocycles. The maximum Gasteiger partial charge on any atom is 0.0623 e. The average molecular weight is 266 g/mol. The van der Waals surface area contributed by atoms with E-state index in [1.807, 2.05) is 30.1 Å². The van der Waals surface area contributed by atoms with Crippen molar-refractivity contribution in [3.63, 3.8) is 0 Å². The lowest BCUT2D eigenvalue weighted by molar-refractivity contribution is 0.0999. The molecule has 2 N–H and O–H groups in total. The molecule has 100 valence electrons. The quantitative estimate of drug-likeness (QED) is 0.890. The average Bonchev–Trinajstić information content (AvgIpc) is 2.46. The Kier molecular flexibility index (Phi) is 5.47. The van der Waals surface area contributed by atoms with E-state index >= 15 is 0 Å². The van der Waals surface area contributed by atoms with Crippen molar-refractivity contribution in [2.24, 2.45) is 5.73 Å². The van der Waals surface area contributed by atoms with Crippen LogP contribution in [0.2, 0.25) is 0 Å². The van der Waals surface area contributed by atoms with Crippen LogP contribution >= 0.6 is 11.8 Å². The van der Waals surface area contributed by atoms with Crippen molar-refractivity contribution < 1.29 is 4.74 Å². The summed E-state index contributed by atoms with van der Waals surface area (Å²) in [6, 6.07) is 6.26. The highest BCUT2D eigenvalue weighted by Crippen LogP contribution is 2.37. The number of pyridine rings is 1. The number of hydrogen-bond donors (Lipinski definition) is 1. The molecule has 0 bridgehead atoms. The van der Waals surface area contributed by atoms with Gasteiger partial charge in [-0.15, -0.1) is 11.8 Å². The van der Waals surface area contributed by atoms with Crippen LogP contribution < -0.4 is 5.73 Å². The molecule has 1 saturated heterocycles. The van der Waals surface area contributed by atoms with Gasteiger partial charge in [-0.3, -0.25) is 4.98 Å². The lowest BCUT2D eigenvalue weighted by Crippen LogP contribution is -2.29. The van der Waals surface area contributed by atoms with Crippen LogP contribution in [-0.2, 0) is 4.74 Å². The lowest BCUT2D eigenvalue weighted by atomic mass is 10.1. The van der Waals surface area contributed by atoms with Crippen molar-refractivity contribution in [3.8, 4) is 0 Å². The molecule has 0 spiro atoms. The first-order valence-corrected chi connectivity index (χ1v) is 7.65. The molecule has 2 unspecified atom stereocenters. The molecule has 2 rings (SSSR count). The molecular formula is C14H22N2OS. The van der Waals surface area contributed by atoms with E-state index in [-0.39, 0.29) is 6.04 Å². The minimum atomic E-state index is 0.174. The molecule has 3 nitrogen and oxygen atoms in total. The molecule has 2 heterocycles. The summed E-state index contributed by atoms with van der Waals surface area (Å²) in [5, 5.41) is 0.961. The van der Waals surface area contributed by atoms with E-state index in [0.29, 0.717) is 10.5 Å². The summed E-state index contributed by atoms with van der Waals surface area (Å²) in [5.74, 6) is 0. The van der Waals surface area contributed by atoms with Crippen molar-refractivity contribution in [1.82, 2.24) is 4.98 Å². The zero-order valence-corrected chi connectivity index (χ0v) is 11.7. The van der Waals surface area contributed by atoms with Gasteiger partial charge in [-0.2, -0.15) is 0 Å². The van der Waals surface area contributed by atoms with Crippen LogP contribution in [0, 0.1) is 0 Å². The molecule has 1 aromatic heterocycles. The summed E-state index contributed by atoms with van der Waals surface area (Å²) in [4.78, 5) is 4.48. The van der Waals surface area contributed by atoms with E-state index in [1.54, 1.807) is 0 Å². The smallest absolute Gasteiger partial charge is 0.0623 e. The van der Waals surface area contributed by atoms with Gasteiger partial charge in [-0.05, 0) is 31.4 Å². The zero-order chi connectivity index (χ0) is 12.8. The maximum absolute atomic E-state index is 6.27. The molecule has 1 aliphatic heterocycles. The van der Waals surface area contributed by atoms with E-state index in [4.69, 9.17) is 10.5 Å². The van der Waals surface area contributed by atoms with Gasteiger partial charge in [0.25, 0.3) is 0 Å². The second kappa shape index (κ2) is 7.12. The number of nitrogens with two attached hydrogens (primary N) is 1. The fourth-order valence-electron chi connectivity index (χ4n) is 2.17. The van der Waals surface area contributed by atoms with Crippen molar-refractivity contribution in [3.05, 3.63) is 30.1 Å². The molecule has 4 heteroatoms. The van der Waals surface area contributed by atoms with Crippen LogP contribution in [0.1, 0.15) is 37.1 Å². The minimum absolute atomic E-state index is 0.174. The second-order valence-electron chi connectivity index (χ2n) is 4.70. The van der Waals surface area contributed by atoms with Crippen molar-refractivity contribution in [2.75, 3.05) is 13.2 Å². The Morgan fingerprint density at radius 3 is 2.83 bits per heavy atom. The van der Waals surface area contributed by atoms with E-state index in [1.165, 1.54) is 0 Å². The summed E-state index contributed by atoms with van der Waals surface area (Å²) in [6.07, 6.45) is 5.10. The number of nitrogens with zero attached hydrogens (tertiary/aromatic N) is 1. The summed E-state index contributed by atoms with van der Waals surface area (Å²) in [5.41, 5.74) is 7.39. The predicted octanol–water partition coefficient (Wildman–Crippen LogP) is 2.77. The first-order chi connectivity index (χ1) is 8.81. The molecule has 1 aliphatic rings. The molecule has 0 amide bonds. The first-order valence-electron chi connectivity index (χ1n) is 6.71. The molecule has 2 atom stereocenters. The number of aromatic nitrogens is 1. The Balaban J connectivity index is 2.05. The Bertz CT molecular complexity index is 341. The molecule has 18 heavy (non-hydrogen) atoms. The fraction of sp³-hybridized carbons (Fsp3) is 0.643. The van der Waals surface area contributed by atoms with Crippen LogP contribution in [0.3, 0.4) is 0 Å². The predicted molar refractivity (Wildman–Crippen MR) is 76.7 cm³/mol. The summed E-state index contributed by atoms with van der Waals surface area (Å²) in [6.45, 7) is 3.91. The normalized spacial score (nSPS) is 20.6. The molecule has 0 saturated carbocycles. The van der Waals surface area contributed by atoms with Crippen LogP contribution in [0.5, 0.6) is 0 Å². The third kappa shape index (κ3) is 3.70. The fourth-order valence-corrected chi connectivity index (χ4v) is 3.72. The standard InChI is InChI=1S/C14H22N2OS/c1-2-12(15)14(13-5-3-4-8-16-13)18-11-6-9-17-10-7-11/h3-5,8,11-12,14H,2,6-7,9-10,15H2,1H3. The highest BCUT2D eigenvalue weighted by molar-refractivity contribution is 8.00. The van der Waals surface area contributed by atoms with E-state index in [0.717, 1.165) is 38.2 Å². The Hall–Kier alpha value is -0.580. The summed E-state index contributed by atoms with van der Waals surface area (Å²) < 4.78 is 5.41. The Labute approximate surface area is 114 Å². The topological polar surface area (TPSA) is 48.1 Å². The van der Waals surface area contributed by atoms with Crippen LogP contribution in [-0.4, -0.2) is 29.5 Å². The minimum Gasteiger partial charge on any atom is -0.381 e. The van der Waals surface area contributed by atoms with Gasteiger partial charge in [-0.1, -0.05) is 13.0 Å². The molecule has 1 fully saturated rings. The van der Waals surface area contributed by atoms with Gasteiger partial charge in [0.15, 0.2) is 0 Å². The van der Waals surface area contributed by atoms with Crippen LogP contribution in [0.15, 0.2) is 24.4 Å².